The fraction of sp³-hybridized carbons (Fsp3) is 0.0667. The summed E-state index contributed by atoms with van der Waals surface area (Å²) >= 11 is 5.80. The van der Waals surface area contributed by atoms with E-state index in [4.69, 9.17) is 16.9 Å². The minimum Gasteiger partial charge on any atom is -0.310 e. The summed E-state index contributed by atoms with van der Waals surface area (Å²) in [6.45, 7) is 0. The third-order valence-electron chi connectivity index (χ3n) is 3.10. The Morgan fingerprint density at radius 1 is 1.38 bits per heavy atom. The molecule has 1 aliphatic heterocycles. The predicted molar refractivity (Wildman–Crippen MR) is 79.9 cm³/mol. The molecule has 2 heterocycles. The highest BCUT2D eigenvalue weighted by Gasteiger charge is 2.30. The number of hydrogen-bond acceptors (Lipinski definition) is 4. The molecule has 0 saturated carbocycles. The van der Waals surface area contributed by atoms with E-state index >= 15 is 0 Å². The zero-order valence-electron chi connectivity index (χ0n) is 10.7. The van der Waals surface area contributed by atoms with Crippen LogP contribution in [-0.2, 0) is 4.79 Å². The number of pyridine rings is 1. The first-order valence-electron chi connectivity index (χ1n) is 6.19. The van der Waals surface area contributed by atoms with Gasteiger partial charge < -0.3 is 5.32 Å². The first kappa shape index (κ1) is 13.3. The van der Waals surface area contributed by atoms with Gasteiger partial charge in [-0.3, -0.25) is 9.79 Å². The number of nitrogens with one attached hydrogen (secondary N) is 1. The zero-order valence-corrected chi connectivity index (χ0v) is 11.5. The van der Waals surface area contributed by atoms with Gasteiger partial charge >= 0.3 is 0 Å². The van der Waals surface area contributed by atoms with Crippen molar-refractivity contribution < 1.29 is 4.79 Å². The van der Waals surface area contributed by atoms with Gasteiger partial charge in [-0.2, -0.15) is 5.26 Å². The number of carbonyl (C=O) groups excluding carboxylic acids is 1. The number of fused-ring (bicyclic) bond motifs is 1. The van der Waals surface area contributed by atoms with E-state index in [1.165, 1.54) is 0 Å². The molecule has 2 aromatic rings. The largest absolute Gasteiger partial charge is 0.310 e. The molecule has 1 aliphatic rings. The van der Waals surface area contributed by atoms with Crippen molar-refractivity contribution >= 4 is 35.2 Å². The number of aromatic nitrogens is 1. The second-order valence-corrected chi connectivity index (χ2v) is 4.87. The number of aliphatic imine (C=N–C) groups is 1. The maximum absolute atomic E-state index is 11.9. The predicted octanol–water partition coefficient (Wildman–Crippen LogP) is 3.04. The molecule has 0 spiro atoms. The highest BCUT2D eigenvalue weighted by atomic mass is 35.5. The van der Waals surface area contributed by atoms with Crippen molar-refractivity contribution in [1.29, 1.82) is 5.26 Å². The molecule has 6 heteroatoms. The number of halogens is 1. The molecule has 0 saturated heterocycles. The molecular weight excluding hydrogens is 288 g/mol. The molecule has 3 rings (SSSR count). The second-order valence-electron chi connectivity index (χ2n) is 4.48. The lowest BCUT2D eigenvalue weighted by Crippen LogP contribution is -2.12. The van der Waals surface area contributed by atoms with Gasteiger partial charge in [-0.1, -0.05) is 23.7 Å². The topological polar surface area (TPSA) is 78.1 Å². The molecule has 1 unspecified atom stereocenters. The van der Waals surface area contributed by atoms with Gasteiger partial charge in [-0.15, -0.1) is 0 Å². The maximum Gasteiger partial charge on any atom is 0.238 e. The van der Waals surface area contributed by atoms with Crippen LogP contribution in [0.2, 0.25) is 5.15 Å². The summed E-state index contributed by atoms with van der Waals surface area (Å²) in [6.07, 6.45) is 1.55. The van der Waals surface area contributed by atoms with E-state index in [0.29, 0.717) is 22.2 Å². The molecule has 0 bridgehead atoms. The van der Waals surface area contributed by atoms with E-state index in [9.17, 15) is 4.79 Å². The van der Waals surface area contributed by atoms with Gasteiger partial charge in [0.05, 0.1) is 17.3 Å². The van der Waals surface area contributed by atoms with Gasteiger partial charge in [0.2, 0.25) is 5.91 Å². The van der Waals surface area contributed by atoms with Gasteiger partial charge in [0, 0.05) is 11.8 Å². The molecular formula is C15H9ClN4O. The van der Waals surface area contributed by atoms with Crippen LogP contribution in [0.4, 0.5) is 11.5 Å². The van der Waals surface area contributed by atoms with E-state index in [2.05, 4.69) is 15.3 Å². The van der Waals surface area contributed by atoms with Crippen LogP contribution in [0.5, 0.6) is 0 Å². The van der Waals surface area contributed by atoms with Crippen molar-refractivity contribution in [2.24, 2.45) is 4.99 Å². The third kappa shape index (κ3) is 2.62. The van der Waals surface area contributed by atoms with Crippen LogP contribution in [0.3, 0.4) is 0 Å². The van der Waals surface area contributed by atoms with Gasteiger partial charge in [0.1, 0.15) is 16.9 Å². The quantitative estimate of drug-likeness (QED) is 0.683. The number of rotatable bonds is 2. The summed E-state index contributed by atoms with van der Waals surface area (Å²) < 4.78 is 0. The van der Waals surface area contributed by atoms with Crippen molar-refractivity contribution in [2.45, 2.75) is 5.92 Å². The highest BCUT2D eigenvalue weighted by Crippen LogP contribution is 2.31. The summed E-state index contributed by atoms with van der Waals surface area (Å²) in [6, 6.07) is 12.3. The average molecular weight is 297 g/mol. The summed E-state index contributed by atoms with van der Waals surface area (Å²) in [5.74, 6) is -0.231. The van der Waals surface area contributed by atoms with E-state index in [0.717, 1.165) is 5.56 Å². The third-order valence-corrected chi connectivity index (χ3v) is 3.31. The van der Waals surface area contributed by atoms with Crippen LogP contribution in [-0.4, -0.2) is 17.1 Å². The molecule has 0 radical (unpaired) electrons. The summed E-state index contributed by atoms with van der Waals surface area (Å²) in [5, 5.41) is 11.8. The van der Waals surface area contributed by atoms with E-state index in [-0.39, 0.29) is 5.91 Å². The van der Waals surface area contributed by atoms with Crippen LogP contribution in [0.15, 0.2) is 41.4 Å². The Kier molecular flexibility index (Phi) is 3.38. The number of benzene rings is 1. The molecule has 1 aromatic heterocycles. The van der Waals surface area contributed by atoms with Crippen LogP contribution < -0.4 is 5.32 Å². The molecule has 0 aliphatic carbocycles. The summed E-state index contributed by atoms with van der Waals surface area (Å²) in [5.41, 5.74) is 1.89. The Hall–Kier alpha value is -2.71. The Labute approximate surface area is 125 Å². The molecule has 1 atom stereocenters. The standard InChI is InChI=1S/C15H9ClN4O/c16-13-5-4-11-12(15(21)20-14(11)19-13)8-18-10-3-1-2-9(6-10)7-17/h1-6,8,12H,(H,19,20,21). The lowest BCUT2D eigenvalue weighted by Gasteiger charge is -2.01. The molecule has 1 N–H and O–H groups in total. The Morgan fingerprint density at radius 2 is 2.24 bits per heavy atom. The lowest BCUT2D eigenvalue weighted by atomic mass is 10.0. The van der Waals surface area contributed by atoms with Crippen LogP contribution in [0.1, 0.15) is 17.0 Å². The molecule has 1 amide bonds. The van der Waals surface area contributed by atoms with E-state index in [1.807, 2.05) is 6.07 Å². The average Bonchev–Trinajstić information content (AvgIpc) is 2.80. The van der Waals surface area contributed by atoms with Gasteiger partial charge in [-0.05, 0) is 24.3 Å². The lowest BCUT2D eigenvalue weighted by molar-refractivity contribution is -0.115. The molecule has 21 heavy (non-hydrogen) atoms. The Bertz CT molecular complexity index is 795. The number of anilines is 1. The molecule has 102 valence electrons. The van der Waals surface area contributed by atoms with Gasteiger partial charge in [0.25, 0.3) is 0 Å². The maximum atomic E-state index is 11.9. The Morgan fingerprint density at radius 3 is 3.05 bits per heavy atom. The van der Waals surface area contributed by atoms with Crippen LogP contribution in [0, 0.1) is 11.3 Å². The fourth-order valence-corrected chi connectivity index (χ4v) is 2.24. The van der Waals surface area contributed by atoms with Crippen LogP contribution in [0.25, 0.3) is 0 Å². The smallest absolute Gasteiger partial charge is 0.238 e. The molecule has 5 nitrogen and oxygen atoms in total. The minimum absolute atomic E-state index is 0.194. The van der Waals surface area contributed by atoms with Gasteiger partial charge in [0.15, 0.2) is 0 Å². The highest BCUT2D eigenvalue weighted by molar-refractivity contribution is 6.29. The first-order chi connectivity index (χ1) is 10.2. The van der Waals surface area contributed by atoms with Crippen LogP contribution >= 0.6 is 11.6 Å². The van der Waals surface area contributed by atoms with Crippen molar-refractivity contribution in [2.75, 3.05) is 5.32 Å². The number of nitrogens with zero attached hydrogens (tertiary/aromatic N) is 3. The van der Waals surface area contributed by atoms with E-state index in [1.54, 1.807) is 42.6 Å². The monoisotopic (exact) mass is 296 g/mol. The van der Waals surface area contributed by atoms with Crippen molar-refractivity contribution in [1.82, 2.24) is 4.98 Å². The molecule has 0 fully saturated rings. The van der Waals surface area contributed by atoms with Crippen molar-refractivity contribution in [3.63, 3.8) is 0 Å². The SMILES string of the molecule is N#Cc1cccc(N=CC2C(=O)Nc3nc(Cl)ccc32)c1. The van der Waals surface area contributed by atoms with Crippen molar-refractivity contribution in [3.8, 4) is 6.07 Å². The molecule has 1 aromatic carbocycles. The Balaban J connectivity index is 1.90. The number of carbonyl (C=O) groups is 1. The zero-order chi connectivity index (χ0) is 14.8. The summed E-state index contributed by atoms with van der Waals surface area (Å²) in [7, 11) is 0. The van der Waals surface area contributed by atoms with Gasteiger partial charge in [-0.25, -0.2) is 4.98 Å². The van der Waals surface area contributed by atoms with E-state index < -0.39 is 5.92 Å². The summed E-state index contributed by atoms with van der Waals surface area (Å²) in [4.78, 5) is 20.3. The van der Waals surface area contributed by atoms with Crippen molar-refractivity contribution in [3.05, 3.63) is 52.7 Å². The minimum atomic E-state index is -0.504. The second kappa shape index (κ2) is 5.35. The number of nitriles is 1. The number of hydrogen-bond donors (Lipinski definition) is 1. The first-order valence-corrected chi connectivity index (χ1v) is 6.57. The number of amides is 1. The normalized spacial score (nSPS) is 16.6. The fourth-order valence-electron chi connectivity index (χ4n) is 2.10.